The standard InChI is InChI=1S/C18H22N2O3S/c1-12(13-8-6-5-7-9-13)19-18(24)20-14-10-15(21-2)17(23-4)16(11-14)22-3/h5-12H,1-4H3,(H2,19,20,24). The zero-order chi connectivity index (χ0) is 17.5. The summed E-state index contributed by atoms with van der Waals surface area (Å²) in [6.07, 6.45) is 0. The second-order valence-electron chi connectivity index (χ2n) is 5.14. The molecule has 0 saturated heterocycles. The maximum absolute atomic E-state index is 5.40. The Labute approximate surface area is 147 Å². The molecule has 0 fully saturated rings. The zero-order valence-corrected chi connectivity index (χ0v) is 15.1. The lowest BCUT2D eigenvalue weighted by atomic mass is 10.1. The predicted molar refractivity (Wildman–Crippen MR) is 100 cm³/mol. The van der Waals surface area contributed by atoms with Gasteiger partial charge >= 0.3 is 0 Å². The van der Waals surface area contributed by atoms with Crippen LogP contribution in [0, 0.1) is 0 Å². The fourth-order valence-corrected chi connectivity index (χ4v) is 2.64. The normalized spacial score (nSPS) is 11.3. The lowest BCUT2D eigenvalue weighted by Gasteiger charge is -2.19. The van der Waals surface area contributed by atoms with Gasteiger partial charge in [0.25, 0.3) is 0 Å². The number of nitrogens with one attached hydrogen (secondary N) is 2. The van der Waals surface area contributed by atoms with Crippen LogP contribution in [0.25, 0.3) is 0 Å². The molecule has 0 amide bonds. The number of thiocarbonyl (C=S) groups is 1. The van der Waals surface area contributed by atoms with Gasteiger partial charge in [-0.15, -0.1) is 0 Å². The van der Waals surface area contributed by atoms with Crippen LogP contribution < -0.4 is 24.8 Å². The van der Waals surface area contributed by atoms with Crippen molar-refractivity contribution in [3.8, 4) is 17.2 Å². The van der Waals surface area contributed by atoms with E-state index in [0.29, 0.717) is 22.4 Å². The van der Waals surface area contributed by atoms with Crippen molar-refractivity contribution in [2.24, 2.45) is 0 Å². The molecule has 0 spiro atoms. The first kappa shape index (κ1) is 17.9. The molecule has 0 aliphatic rings. The largest absolute Gasteiger partial charge is 0.493 e. The molecule has 0 bridgehead atoms. The molecule has 0 aromatic heterocycles. The Morgan fingerprint density at radius 3 is 2.04 bits per heavy atom. The number of methoxy groups -OCH3 is 3. The maximum Gasteiger partial charge on any atom is 0.203 e. The van der Waals surface area contributed by atoms with Crippen LogP contribution in [0.4, 0.5) is 5.69 Å². The molecule has 0 heterocycles. The van der Waals surface area contributed by atoms with E-state index in [-0.39, 0.29) is 6.04 Å². The van der Waals surface area contributed by atoms with Crippen molar-refractivity contribution >= 4 is 23.0 Å². The minimum absolute atomic E-state index is 0.0910. The number of rotatable bonds is 6. The molecule has 1 unspecified atom stereocenters. The van der Waals surface area contributed by atoms with Crippen LogP contribution in [-0.4, -0.2) is 26.4 Å². The highest BCUT2D eigenvalue weighted by molar-refractivity contribution is 7.80. The summed E-state index contributed by atoms with van der Waals surface area (Å²) in [4.78, 5) is 0. The van der Waals surface area contributed by atoms with Crippen molar-refractivity contribution in [1.29, 1.82) is 0 Å². The van der Waals surface area contributed by atoms with Gasteiger partial charge in [0.2, 0.25) is 5.75 Å². The molecule has 2 aromatic carbocycles. The fourth-order valence-electron chi connectivity index (χ4n) is 2.34. The molecular formula is C18H22N2O3S. The first-order valence-electron chi connectivity index (χ1n) is 7.51. The van der Waals surface area contributed by atoms with E-state index in [0.717, 1.165) is 11.3 Å². The third-order valence-electron chi connectivity index (χ3n) is 3.57. The minimum atomic E-state index is 0.0910. The number of ether oxygens (including phenoxy) is 3. The molecule has 6 heteroatoms. The summed E-state index contributed by atoms with van der Waals surface area (Å²) in [5, 5.41) is 6.92. The van der Waals surface area contributed by atoms with Gasteiger partial charge < -0.3 is 24.8 Å². The van der Waals surface area contributed by atoms with E-state index in [4.69, 9.17) is 26.4 Å². The van der Waals surface area contributed by atoms with E-state index in [2.05, 4.69) is 29.7 Å². The molecule has 0 radical (unpaired) electrons. The lowest BCUT2D eigenvalue weighted by molar-refractivity contribution is 0.324. The fraction of sp³-hybridized carbons (Fsp3) is 0.278. The number of benzene rings is 2. The smallest absolute Gasteiger partial charge is 0.203 e. The summed E-state index contributed by atoms with van der Waals surface area (Å²) >= 11 is 5.40. The van der Waals surface area contributed by atoms with Gasteiger partial charge in [0.15, 0.2) is 16.6 Å². The molecule has 0 aliphatic carbocycles. The van der Waals surface area contributed by atoms with Gasteiger partial charge in [0, 0.05) is 17.8 Å². The molecular weight excluding hydrogens is 324 g/mol. The van der Waals surface area contributed by atoms with E-state index in [1.165, 1.54) is 0 Å². The Balaban J connectivity index is 2.11. The summed E-state index contributed by atoms with van der Waals surface area (Å²) in [5.74, 6) is 1.68. The van der Waals surface area contributed by atoms with E-state index in [1.807, 2.05) is 30.3 Å². The Morgan fingerprint density at radius 2 is 1.54 bits per heavy atom. The second kappa shape index (κ2) is 8.40. The molecule has 2 rings (SSSR count). The highest BCUT2D eigenvalue weighted by Gasteiger charge is 2.14. The Bertz CT molecular complexity index is 667. The molecule has 0 saturated carbocycles. The predicted octanol–water partition coefficient (Wildman–Crippen LogP) is 3.76. The van der Waals surface area contributed by atoms with E-state index in [9.17, 15) is 0 Å². The number of hydrogen-bond acceptors (Lipinski definition) is 4. The summed E-state index contributed by atoms with van der Waals surface area (Å²) in [6.45, 7) is 2.05. The van der Waals surface area contributed by atoms with E-state index < -0.39 is 0 Å². The molecule has 1 atom stereocenters. The third kappa shape index (κ3) is 4.29. The molecule has 128 valence electrons. The number of anilines is 1. The van der Waals surface area contributed by atoms with Crippen LogP contribution in [-0.2, 0) is 0 Å². The molecule has 2 N–H and O–H groups in total. The average molecular weight is 346 g/mol. The van der Waals surface area contributed by atoms with Gasteiger partial charge in [-0.1, -0.05) is 30.3 Å². The van der Waals surface area contributed by atoms with Gasteiger partial charge in [0.05, 0.1) is 27.4 Å². The van der Waals surface area contributed by atoms with Crippen LogP contribution in [0.2, 0.25) is 0 Å². The van der Waals surface area contributed by atoms with Crippen molar-refractivity contribution in [1.82, 2.24) is 5.32 Å². The second-order valence-corrected chi connectivity index (χ2v) is 5.55. The first-order valence-corrected chi connectivity index (χ1v) is 7.92. The Kier molecular flexibility index (Phi) is 6.26. The van der Waals surface area contributed by atoms with Crippen LogP contribution in [0.1, 0.15) is 18.5 Å². The number of hydrogen-bond donors (Lipinski definition) is 2. The van der Waals surface area contributed by atoms with Crippen molar-refractivity contribution in [3.63, 3.8) is 0 Å². The zero-order valence-electron chi connectivity index (χ0n) is 14.3. The van der Waals surface area contributed by atoms with Crippen molar-refractivity contribution in [2.45, 2.75) is 13.0 Å². The first-order chi connectivity index (χ1) is 11.6. The lowest BCUT2D eigenvalue weighted by Crippen LogP contribution is -2.30. The Morgan fingerprint density at radius 1 is 0.958 bits per heavy atom. The minimum Gasteiger partial charge on any atom is -0.493 e. The molecule has 2 aromatic rings. The van der Waals surface area contributed by atoms with E-state index in [1.54, 1.807) is 21.3 Å². The SMILES string of the molecule is COc1cc(NC(=S)NC(C)c2ccccc2)cc(OC)c1OC. The summed E-state index contributed by atoms with van der Waals surface area (Å²) in [6, 6.07) is 13.8. The van der Waals surface area contributed by atoms with Gasteiger partial charge in [-0.2, -0.15) is 0 Å². The van der Waals surface area contributed by atoms with Crippen molar-refractivity contribution in [3.05, 3.63) is 48.0 Å². The highest BCUT2D eigenvalue weighted by atomic mass is 32.1. The monoisotopic (exact) mass is 346 g/mol. The van der Waals surface area contributed by atoms with Crippen LogP contribution in [0.15, 0.2) is 42.5 Å². The summed E-state index contributed by atoms with van der Waals surface area (Å²) in [7, 11) is 4.73. The molecule has 5 nitrogen and oxygen atoms in total. The van der Waals surface area contributed by atoms with Crippen molar-refractivity contribution < 1.29 is 14.2 Å². The maximum atomic E-state index is 5.40. The summed E-state index contributed by atoms with van der Waals surface area (Å²) < 4.78 is 16.0. The van der Waals surface area contributed by atoms with Crippen LogP contribution in [0.5, 0.6) is 17.2 Å². The van der Waals surface area contributed by atoms with Gasteiger partial charge in [-0.05, 0) is 24.7 Å². The van der Waals surface area contributed by atoms with Gasteiger partial charge in [-0.25, -0.2) is 0 Å². The molecule has 0 aliphatic heterocycles. The van der Waals surface area contributed by atoms with E-state index >= 15 is 0 Å². The van der Waals surface area contributed by atoms with Crippen LogP contribution in [0.3, 0.4) is 0 Å². The Hall–Kier alpha value is -2.47. The quantitative estimate of drug-likeness (QED) is 0.777. The van der Waals surface area contributed by atoms with Crippen LogP contribution >= 0.6 is 12.2 Å². The summed E-state index contributed by atoms with van der Waals surface area (Å²) in [5.41, 5.74) is 1.91. The van der Waals surface area contributed by atoms with Gasteiger partial charge in [0.1, 0.15) is 0 Å². The topological polar surface area (TPSA) is 51.8 Å². The third-order valence-corrected chi connectivity index (χ3v) is 3.79. The van der Waals surface area contributed by atoms with Gasteiger partial charge in [-0.3, -0.25) is 0 Å². The highest BCUT2D eigenvalue weighted by Crippen LogP contribution is 2.39. The van der Waals surface area contributed by atoms with Crippen molar-refractivity contribution in [2.75, 3.05) is 26.6 Å². The molecule has 24 heavy (non-hydrogen) atoms. The average Bonchev–Trinajstić information content (AvgIpc) is 2.61.